The van der Waals surface area contributed by atoms with E-state index in [1.807, 2.05) is 11.8 Å². The van der Waals surface area contributed by atoms with Gasteiger partial charge in [0.15, 0.2) is 5.82 Å². The Labute approximate surface area is 221 Å². The van der Waals surface area contributed by atoms with Crippen LogP contribution in [0.25, 0.3) is 5.82 Å². The van der Waals surface area contributed by atoms with E-state index in [2.05, 4.69) is 35.6 Å². The van der Waals surface area contributed by atoms with E-state index in [1.165, 1.54) is 29.1 Å². The average Bonchev–Trinajstić information content (AvgIpc) is 3.44. The molecule has 2 atom stereocenters. The molecular formula is C25H33N7O5S. The molecule has 12 nitrogen and oxygen atoms in total. The molecule has 0 aliphatic carbocycles. The van der Waals surface area contributed by atoms with E-state index < -0.39 is 15.9 Å². The first kappa shape index (κ1) is 27.3. The maximum Gasteiger partial charge on any atom is 0.268 e. The van der Waals surface area contributed by atoms with Gasteiger partial charge < -0.3 is 20.5 Å². The van der Waals surface area contributed by atoms with Crippen molar-refractivity contribution in [3.63, 3.8) is 0 Å². The van der Waals surface area contributed by atoms with Crippen molar-refractivity contribution in [2.75, 3.05) is 30.4 Å². The van der Waals surface area contributed by atoms with Gasteiger partial charge in [-0.05, 0) is 50.5 Å². The quantitative estimate of drug-likeness (QED) is 0.363. The lowest BCUT2D eigenvalue weighted by Gasteiger charge is -2.34. The number of hydrogen-bond acceptors (Lipinski definition) is 10. The van der Waals surface area contributed by atoms with Gasteiger partial charge in [0.1, 0.15) is 16.5 Å². The van der Waals surface area contributed by atoms with Gasteiger partial charge in [-0.2, -0.15) is 0 Å². The summed E-state index contributed by atoms with van der Waals surface area (Å²) < 4.78 is 35.1. The fraction of sp³-hybridized carbons (Fsp3) is 0.440. The SMILES string of the molecule is CC(CO)COc1ccn(-c2ccc(C(=O)NS(=O)(=O)c3cccnc3N)c(N3C[C@@H](C)CC3(C)C)n2)n1. The topological polar surface area (TPSA) is 166 Å². The van der Waals surface area contributed by atoms with E-state index in [1.54, 1.807) is 18.3 Å². The summed E-state index contributed by atoms with van der Waals surface area (Å²) in [6.45, 7) is 9.03. The molecule has 13 heteroatoms. The summed E-state index contributed by atoms with van der Waals surface area (Å²) in [5.41, 5.74) is 5.51. The lowest BCUT2D eigenvalue weighted by Crippen LogP contribution is -2.41. The van der Waals surface area contributed by atoms with Crippen molar-refractivity contribution in [2.24, 2.45) is 11.8 Å². The van der Waals surface area contributed by atoms with Gasteiger partial charge in [0.05, 0.1) is 12.2 Å². The molecule has 0 spiro atoms. The van der Waals surface area contributed by atoms with Gasteiger partial charge in [-0.15, -0.1) is 5.10 Å². The molecule has 4 N–H and O–H groups in total. The number of nitrogens with zero attached hydrogens (tertiary/aromatic N) is 5. The number of pyridine rings is 2. The van der Waals surface area contributed by atoms with Crippen molar-refractivity contribution in [3.8, 4) is 11.7 Å². The number of rotatable bonds is 9. The smallest absolute Gasteiger partial charge is 0.268 e. The molecule has 4 heterocycles. The second kappa shape index (κ2) is 10.6. The van der Waals surface area contributed by atoms with Gasteiger partial charge in [-0.1, -0.05) is 13.8 Å². The van der Waals surface area contributed by atoms with Crippen LogP contribution in [0.3, 0.4) is 0 Å². The number of nitrogen functional groups attached to an aromatic ring is 1. The lowest BCUT2D eigenvalue weighted by molar-refractivity contribution is 0.0981. The molecule has 1 amide bonds. The Hall–Kier alpha value is -3.71. The normalized spacial score (nSPS) is 17.8. The maximum absolute atomic E-state index is 13.4. The van der Waals surface area contributed by atoms with Crippen LogP contribution in [0.15, 0.2) is 47.6 Å². The standard InChI is InChI=1S/C25H33N7O5S/c1-16-12-25(3,4)31(13-16)23-18(24(34)30-38(35,36)19-6-5-10-27-22(19)26)7-8-20(28-23)32-11-9-21(29-32)37-15-17(2)14-33/h5-11,16-17,33H,12-15H2,1-4H3,(H2,26,27)(H,30,34)/t16-,17?/m0/s1. The lowest BCUT2D eigenvalue weighted by atomic mass is 9.97. The monoisotopic (exact) mass is 543 g/mol. The first-order valence-electron chi connectivity index (χ1n) is 12.3. The molecule has 0 bridgehead atoms. The predicted octanol–water partition coefficient (Wildman–Crippen LogP) is 2.00. The van der Waals surface area contributed by atoms with Crippen LogP contribution >= 0.6 is 0 Å². The molecule has 3 aromatic heterocycles. The van der Waals surface area contributed by atoms with Crippen molar-refractivity contribution in [2.45, 2.75) is 44.6 Å². The number of carbonyl (C=O) groups excluding carboxylic acids is 1. The van der Waals surface area contributed by atoms with E-state index in [4.69, 9.17) is 15.5 Å². The third kappa shape index (κ3) is 5.73. The third-order valence-corrected chi connectivity index (χ3v) is 7.76. The Kier molecular flexibility index (Phi) is 7.61. The molecule has 1 unspecified atom stereocenters. The Morgan fingerprint density at radius 3 is 2.74 bits per heavy atom. The summed E-state index contributed by atoms with van der Waals surface area (Å²) in [5, 5.41) is 13.6. The average molecular weight is 544 g/mol. The summed E-state index contributed by atoms with van der Waals surface area (Å²) in [5.74, 6) is 0.391. The number of ether oxygens (including phenoxy) is 1. The Morgan fingerprint density at radius 1 is 1.32 bits per heavy atom. The summed E-state index contributed by atoms with van der Waals surface area (Å²) in [7, 11) is -4.28. The first-order chi connectivity index (χ1) is 17.9. The molecular weight excluding hydrogens is 510 g/mol. The van der Waals surface area contributed by atoms with Gasteiger partial charge >= 0.3 is 0 Å². The Morgan fingerprint density at radius 2 is 2.08 bits per heavy atom. The number of aliphatic hydroxyl groups excluding tert-OH is 1. The molecule has 0 aromatic carbocycles. The molecule has 0 saturated carbocycles. The van der Waals surface area contributed by atoms with Crippen molar-refractivity contribution in [3.05, 3.63) is 48.3 Å². The van der Waals surface area contributed by atoms with E-state index in [9.17, 15) is 18.3 Å². The minimum absolute atomic E-state index is 0.00227. The zero-order chi connectivity index (χ0) is 27.7. The molecule has 38 heavy (non-hydrogen) atoms. The van der Waals surface area contributed by atoms with Gasteiger partial charge in [0.25, 0.3) is 15.9 Å². The number of sulfonamides is 1. The first-order valence-corrected chi connectivity index (χ1v) is 13.8. The summed E-state index contributed by atoms with van der Waals surface area (Å²) in [4.78, 5) is 23.7. The number of nitrogens with two attached hydrogens (primary N) is 1. The van der Waals surface area contributed by atoms with E-state index in [0.717, 1.165) is 6.42 Å². The van der Waals surface area contributed by atoms with Crippen LogP contribution < -0.4 is 20.1 Å². The van der Waals surface area contributed by atoms with Crippen LogP contribution in [-0.4, -0.2) is 64.5 Å². The van der Waals surface area contributed by atoms with Crippen LogP contribution in [0, 0.1) is 11.8 Å². The van der Waals surface area contributed by atoms with Crippen molar-refractivity contribution in [1.29, 1.82) is 0 Å². The number of nitrogens with one attached hydrogen (secondary N) is 1. The fourth-order valence-electron chi connectivity index (χ4n) is 4.56. The highest BCUT2D eigenvalue weighted by Crippen LogP contribution is 2.37. The van der Waals surface area contributed by atoms with Gasteiger partial charge in [-0.3, -0.25) is 4.79 Å². The van der Waals surface area contributed by atoms with Crippen LogP contribution in [0.4, 0.5) is 11.6 Å². The summed E-state index contributed by atoms with van der Waals surface area (Å²) >= 11 is 0. The minimum Gasteiger partial charge on any atom is -0.476 e. The van der Waals surface area contributed by atoms with Gasteiger partial charge in [-0.25, -0.2) is 27.8 Å². The van der Waals surface area contributed by atoms with E-state index >= 15 is 0 Å². The number of carbonyl (C=O) groups is 1. The molecule has 0 radical (unpaired) electrons. The van der Waals surface area contributed by atoms with Crippen LogP contribution in [-0.2, 0) is 10.0 Å². The highest BCUT2D eigenvalue weighted by atomic mass is 32.2. The molecule has 4 rings (SSSR count). The van der Waals surface area contributed by atoms with Crippen LogP contribution in [0.5, 0.6) is 5.88 Å². The Bertz CT molecular complexity index is 1420. The van der Waals surface area contributed by atoms with Crippen LogP contribution in [0.1, 0.15) is 44.5 Å². The van der Waals surface area contributed by atoms with Crippen molar-refractivity contribution >= 4 is 27.6 Å². The molecule has 3 aromatic rings. The largest absolute Gasteiger partial charge is 0.476 e. The fourth-order valence-corrected chi connectivity index (χ4v) is 5.61. The predicted molar refractivity (Wildman–Crippen MR) is 142 cm³/mol. The summed E-state index contributed by atoms with van der Waals surface area (Å²) in [6.07, 6.45) is 3.91. The van der Waals surface area contributed by atoms with Crippen LogP contribution in [0.2, 0.25) is 0 Å². The second-order valence-corrected chi connectivity index (χ2v) is 11.9. The third-order valence-electron chi connectivity index (χ3n) is 6.38. The number of hydrogen-bond donors (Lipinski definition) is 3. The number of amides is 1. The summed E-state index contributed by atoms with van der Waals surface area (Å²) in [6, 6.07) is 7.51. The zero-order valence-electron chi connectivity index (χ0n) is 21.8. The zero-order valence-corrected chi connectivity index (χ0v) is 22.6. The molecule has 1 aliphatic heterocycles. The number of aromatic nitrogens is 4. The minimum atomic E-state index is -4.28. The maximum atomic E-state index is 13.4. The molecule has 1 aliphatic rings. The number of aliphatic hydroxyl groups is 1. The van der Waals surface area contributed by atoms with Gasteiger partial charge in [0.2, 0.25) is 5.88 Å². The molecule has 1 fully saturated rings. The second-order valence-electron chi connectivity index (χ2n) is 10.3. The van der Waals surface area contributed by atoms with Gasteiger partial charge in [0, 0.05) is 43.1 Å². The highest BCUT2D eigenvalue weighted by Gasteiger charge is 2.39. The van der Waals surface area contributed by atoms with Crippen molar-refractivity contribution < 1.29 is 23.1 Å². The van der Waals surface area contributed by atoms with Crippen molar-refractivity contribution in [1.82, 2.24) is 24.5 Å². The Balaban J connectivity index is 1.70. The van der Waals surface area contributed by atoms with E-state index in [-0.39, 0.29) is 34.3 Å². The molecule has 204 valence electrons. The number of anilines is 2. The highest BCUT2D eigenvalue weighted by molar-refractivity contribution is 7.90. The van der Waals surface area contributed by atoms with E-state index in [0.29, 0.717) is 36.6 Å². The molecule has 1 saturated heterocycles.